The zero-order valence-electron chi connectivity index (χ0n) is 18.9. The lowest BCUT2D eigenvalue weighted by Gasteiger charge is -2.13. The number of nitrogens with zero attached hydrogens (tertiary/aromatic N) is 2. The molecule has 7 nitrogen and oxygen atoms in total. The van der Waals surface area contributed by atoms with Crippen LogP contribution in [0.5, 0.6) is 0 Å². The summed E-state index contributed by atoms with van der Waals surface area (Å²) in [7, 11) is 3.50. The van der Waals surface area contributed by atoms with Gasteiger partial charge in [-0.15, -0.1) is 0 Å². The van der Waals surface area contributed by atoms with E-state index in [2.05, 4.69) is 20.9 Å². The first kappa shape index (κ1) is 23.9. The van der Waals surface area contributed by atoms with E-state index in [-0.39, 0.29) is 11.8 Å². The maximum atomic E-state index is 12.1. The van der Waals surface area contributed by atoms with E-state index in [9.17, 15) is 9.59 Å². The van der Waals surface area contributed by atoms with E-state index in [1.165, 1.54) is 0 Å². The summed E-state index contributed by atoms with van der Waals surface area (Å²) < 4.78 is 0. The molecule has 0 fully saturated rings. The Morgan fingerprint density at radius 2 is 1.52 bits per heavy atom. The zero-order chi connectivity index (χ0) is 22.6. The van der Waals surface area contributed by atoms with Crippen LogP contribution in [0.15, 0.2) is 53.5 Å². The third kappa shape index (κ3) is 7.77. The maximum absolute atomic E-state index is 12.1. The van der Waals surface area contributed by atoms with Gasteiger partial charge in [0, 0.05) is 44.9 Å². The molecule has 0 bridgehead atoms. The molecule has 0 spiro atoms. The number of hydrogen-bond acceptors (Lipinski definition) is 3. The highest BCUT2D eigenvalue weighted by atomic mass is 16.2. The number of carbonyl (C=O) groups excluding carboxylic acids is 2. The molecule has 0 aliphatic carbocycles. The van der Waals surface area contributed by atoms with Gasteiger partial charge in [-0.05, 0) is 55.7 Å². The first-order valence-electron chi connectivity index (χ1n) is 10.6. The van der Waals surface area contributed by atoms with Gasteiger partial charge in [0.25, 0.3) is 11.8 Å². The summed E-state index contributed by atoms with van der Waals surface area (Å²) in [6.45, 7) is 6.42. The molecule has 0 saturated carbocycles. The molecule has 0 radical (unpaired) electrons. The van der Waals surface area contributed by atoms with Gasteiger partial charge in [0.1, 0.15) is 0 Å². The van der Waals surface area contributed by atoms with Crippen molar-refractivity contribution in [2.75, 3.05) is 33.7 Å². The van der Waals surface area contributed by atoms with Gasteiger partial charge in [-0.3, -0.25) is 9.59 Å². The molecule has 0 unspecified atom stereocenters. The molecule has 0 aliphatic rings. The van der Waals surface area contributed by atoms with E-state index in [0.717, 1.165) is 24.1 Å². The van der Waals surface area contributed by atoms with Crippen LogP contribution in [-0.4, -0.2) is 56.4 Å². The lowest BCUT2D eigenvalue weighted by atomic mass is 10.1. The summed E-state index contributed by atoms with van der Waals surface area (Å²) in [6.07, 6.45) is 0.769. The summed E-state index contributed by atoms with van der Waals surface area (Å²) in [5.74, 6) is 0.638. The van der Waals surface area contributed by atoms with Crippen molar-refractivity contribution in [3.05, 3.63) is 70.8 Å². The summed E-state index contributed by atoms with van der Waals surface area (Å²) in [5.41, 5.74) is 3.39. The third-order valence-electron chi connectivity index (χ3n) is 4.58. The van der Waals surface area contributed by atoms with Gasteiger partial charge in [-0.2, -0.15) is 0 Å². The molecule has 0 saturated heterocycles. The van der Waals surface area contributed by atoms with Crippen LogP contribution < -0.4 is 16.0 Å². The van der Waals surface area contributed by atoms with E-state index in [4.69, 9.17) is 0 Å². The Labute approximate surface area is 184 Å². The Morgan fingerprint density at radius 3 is 2.19 bits per heavy atom. The van der Waals surface area contributed by atoms with Crippen molar-refractivity contribution in [1.82, 2.24) is 20.9 Å². The predicted octanol–water partition coefficient (Wildman–Crippen LogP) is 2.44. The van der Waals surface area contributed by atoms with Crippen molar-refractivity contribution >= 4 is 17.8 Å². The zero-order valence-corrected chi connectivity index (χ0v) is 18.9. The number of guanidine groups is 1. The normalized spacial score (nSPS) is 11.0. The lowest BCUT2D eigenvalue weighted by Crippen LogP contribution is -2.38. The number of nitrogens with one attached hydrogen (secondary N) is 3. The average molecular weight is 424 g/mol. The minimum absolute atomic E-state index is 0.000408. The van der Waals surface area contributed by atoms with Crippen LogP contribution in [0.3, 0.4) is 0 Å². The minimum atomic E-state index is -0.0756. The summed E-state index contributed by atoms with van der Waals surface area (Å²) >= 11 is 0. The first-order chi connectivity index (χ1) is 14.9. The Balaban J connectivity index is 1.97. The van der Waals surface area contributed by atoms with Crippen molar-refractivity contribution in [2.24, 2.45) is 4.99 Å². The van der Waals surface area contributed by atoms with E-state index >= 15 is 0 Å². The number of aliphatic imine (C=N–C) groups is 1. The van der Waals surface area contributed by atoms with E-state index in [0.29, 0.717) is 36.7 Å². The van der Waals surface area contributed by atoms with Gasteiger partial charge in [-0.1, -0.05) is 24.3 Å². The minimum Gasteiger partial charge on any atom is -0.357 e. The van der Waals surface area contributed by atoms with Crippen molar-refractivity contribution in [3.63, 3.8) is 0 Å². The fraction of sp³-hybridized carbons (Fsp3) is 0.375. The quantitative estimate of drug-likeness (QED) is 0.427. The van der Waals surface area contributed by atoms with Gasteiger partial charge >= 0.3 is 0 Å². The van der Waals surface area contributed by atoms with Crippen molar-refractivity contribution in [1.29, 1.82) is 0 Å². The van der Waals surface area contributed by atoms with Gasteiger partial charge in [0.05, 0.1) is 6.54 Å². The van der Waals surface area contributed by atoms with Crippen LogP contribution in [0.1, 0.15) is 45.7 Å². The molecular weight excluding hydrogens is 390 g/mol. The Bertz CT molecular complexity index is 908. The van der Waals surface area contributed by atoms with Crippen LogP contribution in [0.2, 0.25) is 0 Å². The summed E-state index contributed by atoms with van der Waals surface area (Å²) in [6, 6.07) is 15.2. The Hall–Kier alpha value is -3.35. The molecule has 2 rings (SSSR count). The standard InChI is InChI=1S/C24H33N5O2/c1-5-25-22(30)20-11-8-10-19(16-20)17-28-24(26-6-2)27-14-13-18-9-7-12-21(15-18)23(31)29(3)4/h7-12,15-16H,5-6,13-14,17H2,1-4H3,(H,25,30)(H2,26,27,28). The average Bonchev–Trinajstić information content (AvgIpc) is 2.77. The van der Waals surface area contributed by atoms with Crippen molar-refractivity contribution < 1.29 is 9.59 Å². The fourth-order valence-corrected chi connectivity index (χ4v) is 3.03. The Kier molecular flexibility index (Phi) is 9.55. The SMILES string of the molecule is CCNC(=O)c1cccc(CN=C(NCC)NCCc2cccc(C(=O)N(C)C)c2)c1. The number of rotatable bonds is 9. The first-order valence-corrected chi connectivity index (χ1v) is 10.6. The second-order valence-corrected chi connectivity index (χ2v) is 7.33. The molecule has 0 heterocycles. The van der Waals surface area contributed by atoms with Crippen LogP contribution in [0, 0.1) is 0 Å². The van der Waals surface area contributed by atoms with E-state index in [1.54, 1.807) is 25.1 Å². The maximum Gasteiger partial charge on any atom is 0.253 e. The Morgan fingerprint density at radius 1 is 0.871 bits per heavy atom. The molecule has 31 heavy (non-hydrogen) atoms. The molecule has 2 amide bonds. The third-order valence-corrected chi connectivity index (χ3v) is 4.58. The fourth-order valence-electron chi connectivity index (χ4n) is 3.03. The van der Waals surface area contributed by atoms with Gasteiger partial charge in [0.15, 0.2) is 5.96 Å². The van der Waals surface area contributed by atoms with Crippen molar-refractivity contribution in [3.8, 4) is 0 Å². The smallest absolute Gasteiger partial charge is 0.253 e. The summed E-state index contributed by atoms with van der Waals surface area (Å²) in [4.78, 5) is 30.4. The molecule has 2 aromatic rings. The van der Waals surface area contributed by atoms with Crippen LogP contribution in [-0.2, 0) is 13.0 Å². The lowest BCUT2D eigenvalue weighted by molar-refractivity contribution is 0.0827. The van der Waals surface area contributed by atoms with Crippen LogP contribution >= 0.6 is 0 Å². The monoisotopic (exact) mass is 423 g/mol. The molecule has 7 heteroatoms. The molecule has 166 valence electrons. The highest BCUT2D eigenvalue weighted by molar-refractivity contribution is 5.94. The second-order valence-electron chi connectivity index (χ2n) is 7.33. The van der Waals surface area contributed by atoms with Gasteiger partial charge in [0.2, 0.25) is 0 Å². The number of hydrogen-bond donors (Lipinski definition) is 3. The van der Waals surface area contributed by atoms with Crippen LogP contribution in [0.25, 0.3) is 0 Å². The molecule has 2 aromatic carbocycles. The largest absolute Gasteiger partial charge is 0.357 e. The van der Waals surface area contributed by atoms with Gasteiger partial charge in [-0.25, -0.2) is 4.99 Å². The van der Waals surface area contributed by atoms with Crippen LogP contribution in [0.4, 0.5) is 0 Å². The molecule has 0 aromatic heterocycles. The highest BCUT2D eigenvalue weighted by Crippen LogP contribution is 2.08. The second kappa shape index (κ2) is 12.4. The predicted molar refractivity (Wildman–Crippen MR) is 125 cm³/mol. The van der Waals surface area contributed by atoms with Gasteiger partial charge < -0.3 is 20.9 Å². The molecular formula is C24H33N5O2. The number of amides is 2. The summed E-state index contributed by atoms with van der Waals surface area (Å²) in [5, 5.41) is 9.38. The molecule has 0 aliphatic heterocycles. The van der Waals surface area contributed by atoms with E-state index < -0.39 is 0 Å². The molecule has 0 atom stereocenters. The van der Waals surface area contributed by atoms with E-state index in [1.807, 2.05) is 56.3 Å². The highest BCUT2D eigenvalue weighted by Gasteiger charge is 2.08. The van der Waals surface area contributed by atoms with Crippen molar-refractivity contribution in [2.45, 2.75) is 26.8 Å². The molecule has 3 N–H and O–H groups in total. The topological polar surface area (TPSA) is 85.8 Å². The number of carbonyl (C=O) groups is 2. The number of benzene rings is 2.